The Morgan fingerprint density at radius 2 is 2.04 bits per heavy atom. The molecule has 2 heterocycles. The van der Waals surface area contributed by atoms with Crippen LogP contribution in [0.1, 0.15) is 24.2 Å². The Morgan fingerprint density at radius 3 is 2.84 bits per heavy atom. The van der Waals surface area contributed by atoms with E-state index < -0.39 is 0 Å². The molecule has 1 atom stereocenters. The Kier molecular flexibility index (Phi) is 3.98. The van der Waals surface area contributed by atoms with E-state index in [-0.39, 0.29) is 11.8 Å². The van der Waals surface area contributed by atoms with Crippen LogP contribution in [0.5, 0.6) is 0 Å². The minimum absolute atomic E-state index is 0.0325. The topological polar surface area (TPSA) is 58.0 Å². The van der Waals surface area contributed by atoms with Crippen LogP contribution in [-0.2, 0) is 11.3 Å². The lowest BCUT2D eigenvalue weighted by Crippen LogP contribution is -2.27. The number of H-pyrrole nitrogens is 1. The summed E-state index contributed by atoms with van der Waals surface area (Å²) in [5, 5.41) is 5.80. The molecule has 0 aliphatic rings. The predicted molar refractivity (Wildman–Crippen MR) is 99.8 cm³/mol. The van der Waals surface area contributed by atoms with Crippen molar-refractivity contribution in [3.8, 4) is 0 Å². The third-order valence-electron chi connectivity index (χ3n) is 4.49. The van der Waals surface area contributed by atoms with Gasteiger partial charge in [0.05, 0.1) is 18.7 Å². The molecular formula is C20H17ClN2O2. The first-order chi connectivity index (χ1) is 12.1. The lowest BCUT2D eigenvalue weighted by atomic mass is 9.98. The molecule has 0 radical (unpaired) electrons. The zero-order valence-corrected chi connectivity index (χ0v) is 14.4. The molecule has 2 aromatic carbocycles. The van der Waals surface area contributed by atoms with Crippen LogP contribution in [0.25, 0.3) is 21.8 Å². The quantitative estimate of drug-likeness (QED) is 0.543. The molecule has 4 rings (SSSR count). The number of aromatic amines is 1. The molecule has 0 aliphatic heterocycles. The van der Waals surface area contributed by atoms with Gasteiger partial charge in [0.25, 0.3) is 0 Å². The highest BCUT2D eigenvalue weighted by molar-refractivity contribution is 6.31. The molecule has 5 heteroatoms. The molecule has 25 heavy (non-hydrogen) atoms. The summed E-state index contributed by atoms with van der Waals surface area (Å²) in [7, 11) is 0. The Balaban J connectivity index is 1.59. The molecule has 0 unspecified atom stereocenters. The fourth-order valence-electron chi connectivity index (χ4n) is 3.05. The van der Waals surface area contributed by atoms with Crippen LogP contribution in [0.4, 0.5) is 0 Å². The van der Waals surface area contributed by atoms with Gasteiger partial charge < -0.3 is 14.7 Å². The Morgan fingerprint density at radius 1 is 1.16 bits per heavy atom. The van der Waals surface area contributed by atoms with E-state index in [4.69, 9.17) is 16.0 Å². The SMILES string of the molecule is C[C@H](C(=O)NCc1ccco1)c1ccc2c(c1)[nH]c1ccc(Cl)cc12. The number of benzene rings is 2. The molecule has 2 N–H and O–H groups in total. The van der Waals surface area contributed by atoms with Gasteiger partial charge in [-0.1, -0.05) is 23.7 Å². The van der Waals surface area contributed by atoms with Crippen LogP contribution in [0.2, 0.25) is 5.02 Å². The third-order valence-corrected chi connectivity index (χ3v) is 4.73. The third kappa shape index (κ3) is 3.01. The van der Waals surface area contributed by atoms with Crippen LogP contribution < -0.4 is 5.32 Å². The van der Waals surface area contributed by atoms with Crippen molar-refractivity contribution in [3.05, 3.63) is 71.1 Å². The minimum atomic E-state index is -0.255. The highest BCUT2D eigenvalue weighted by Gasteiger charge is 2.16. The maximum atomic E-state index is 12.4. The van der Waals surface area contributed by atoms with E-state index in [2.05, 4.69) is 10.3 Å². The van der Waals surface area contributed by atoms with Crippen molar-refractivity contribution in [2.75, 3.05) is 0 Å². The van der Waals surface area contributed by atoms with Crippen molar-refractivity contribution in [1.82, 2.24) is 10.3 Å². The minimum Gasteiger partial charge on any atom is -0.467 e. The summed E-state index contributed by atoms with van der Waals surface area (Å²) in [6, 6.07) is 15.5. The van der Waals surface area contributed by atoms with E-state index in [1.165, 1.54) is 0 Å². The number of carbonyl (C=O) groups is 1. The summed E-state index contributed by atoms with van der Waals surface area (Å²) in [4.78, 5) is 15.8. The lowest BCUT2D eigenvalue weighted by molar-refractivity contribution is -0.122. The van der Waals surface area contributed by atoms with E-state index in [0.29, 0.717) is 11.6 Å². The van der Waals surface area contributed by atoms with Gasteiger partial charge in [-0.2, -0.15) is 0 Å². The van der Waals surface area contributed by atoms with Crippen molar-refractivity contribution < 1.29 is 9.21 Å². The van der Waals surface area contributed by atoms with Gasteiger partial charge in [0.15, 0.2) is 0 Å². The van der Waals surface area contributed by atoms with E-state index >= 15 is 0 Å². The smallest absolute Gasteiger partial charge is 0.227 e. The van der Waals surface area contributed by atoms with Crippen molar-refractivity contribution in [3.63, 3.8) is 0 Å². The number of hydrogen-bond donors (Lipinski definition) is 2. The second-order valence-electron chi connectivity index (χ2n) is 6.14. The lowest BCUT2D eigenvalue weighted by Gasteiger charge is -2.12. The summed E-state index contributed by atoms with van der Waals surface area (Å²) in [5.41, 5.74) is 2.99. The molecule has 0 spiro atoms. The van der Waals surface area contributed by atoms with Crippen LogP contribution in [-0.4, -0.2) is 10.9 Å². The number of furan rings is 1. The van der Waals surface area contributed by atoms with E-state index in [1.54, 1.807) is 12.3 Å². The Labute approximate surface area is 149 Å². The largest absolute Gasteiger partial charge is 0.467 e. The monoisotopic (exact) mass is 352 g/mol. The standard InChI is InChI=1S/C20H17ClN2O2/c1-12(20(24)22-11-15-3-2-8-25-15)13-4-6-16-17-10-14(21)5-7-18(17)23-19(16)9-13/h2-10,12,23H,11H2,1H3,(H,22,24)/t12-/m0/s1. The predicted octanol–water partition coefficient (Wildman–Crippen LogP) is 4.99. The molecule has 0 saturated heterocycles. The normalized spacial score (nSPS) is 12.6. The molecule has 0 aliphatic carbocycles. The van der Waals surface area contributed by atoms with Crippen LogP contribution in [0, 0.1) is 0 Å². The highest BCUT2D eigenvalue weighted by atomic mass is 35.5. The highest BCUT2D eigenvalue weighted by Crippen LogP contribution is 2.30. The second-order valence-corrected chi connectivity index (χ2v) is 6.58. The molecule has 0 bridgehead atoms. The summed E-state index contributed by atoms with van der Waals surface area (Å²) in [5.74, 6) is 0.452. The van der Waals surface area contributed by atoms with Crippen molar-refractivity contribution in [2.24, 2.45) is 0 Å². The maximum Gasteiger partial charge on any atom is 0.227 e. The second kappa shape index (κ2) is 6.30. The van der Waals surface area contributed by atoms with Crippen molar-refractivity contribution >= 4 is 39.3 Å². The number of fused-ring (bicyclic) bond motifs is 3. The molecule has 126 valence electrons. The maximum absolute atomic E-state index is 12.4. The van der Waals surface area contributed by atoms with Crippen molar-refractivity contribution in [2.45, 2.75) is 19.4 Å². The summed E-state index contributed by atoms with van der Waals surface area (Å²) >= 11 is 6.10. The van der Waals surface area contributed by atoms with Crippen LogP contribution in [0.15, 0.2) is 59.2 Å². The van der Waals surface area contributed by atoms with Crippen LogP contribution in [0.3, 0.4) is 0 Å². The number of nitrogens with one attached hydrogen (secondary N) is 2. The zero-order valence-electron chi connectivity index (χ0n) is 13.7. The average Bonchev–Trinajstić information content (AvgIpc) is 3.25. The van der Waals surface area contributed by atoms with Crippen LogP contribution >= 0.6 is 11.6 Å². The average molecular weight is 353 g/mol. The fourth-order valence-corrected chi connectivity index (χ4v) is 3.23. The fraction of sp³-hybridized carbons (Fsp3) is 0.150. The molecule has 4 nitrogen and oxygen atoms in total. The van der Waals surface area contributed by atoms with Gasteiger partial charge in [0.2, 0.25) is 5.91 Å². The number of hydrogen-bond acceptors (Lipinski definition) is 2. The van der Waals surface area contributed by atoms with Gasteiger partial charge in [-0.3, -0.25) is 4.79 Å². The van der Waals surface area contributed by atoms with Gasteiger partial charge in [-0.15, -0.1) is 0 Å². The Hall–Kier alpha value is -2.72. The number of aromatic nitrogens is 1. The summed E-state index contributed by atoms with van der Waals surface area (Å²) in [6.07, 6.45) is 1.60. The molecule has 2 aromatic heterocycles. The molecule has 0 fully saturated rings. The summed E-state index contributed by atoms with van der Waals surface area (Å²) < 4.78 is 5.24. The first-order valence-electron chi connectivity index (χ1n) is 8.13. The summed E-state index contributed by atoms with van der Waals surface area (Å²) in [6.45, 7) is 2.29. The number of halogens is 1. The molecular weight excluding hydrogens is 336 g/mol. The van der Waals surface area contributed by atoms with E-state index in [9.17, 15) is 4.79 Å². The molecule has 0 saturated carbocycles. The number of rotatable bonds is 4. The van der Waals surface area contributed by atoms with Gasteiger partial charge in [-0.05, 0) is 48.9 Å². The number of carbonyl (C=O) groups excluding carboxylic acids is 1. The van der Waals surface area contributed by atoms with Gasteiger partial charge >= 0.3 is 0 Å². The van der Waals surface area contributed by atoms with Crippen molar-refractivity contribution in [1.29, 1.82) is 0 Å². The van der Waals surface area contributed by atoms with Gasteiger partial charge in [0, 0.05) is 26.8 Å². The van der Waals surface area contributed by atoms with E-state index in [0.717, 1.165) is 33.1 Å². The molecule has 4 aromatic rings. The van der Waals surface area contributed by atoms with Gasteiger partial charge in [0.1, 0.15) is 5.76 Å². The van der Waals surface area contributed by atoms with E-state index in [1.807, 2.05) is 49.4 Å². The first-order valence-corrected chi connectivity index (χ1v) is 8.50. The Bertz CT molecular complexity index is 1050. The first kappa shape index (κ1) is 15.8. The van der Waals surface area contributed by atoms with Gasteiger partial charge in [-0.25, -0.2) is 0 Å². The zero-order chi connectivity index (χ0) is 17.4. The number of amides is 1. The molecule has 1 amide bonds.